The van der Waals surface area contributed by atoms with Crippen LogP contribution in [0.25, 0.3) is 0 Å². The van der Waals surface area contributed by atoms with Gasteiger partial charge in [0.05, 0.1) is 30.8 Å². The monoisotopic (exact) mass is 841 g/mol. The molecule has 58 heavy (non-hydrogen) atoms. The fourth-order valence-electron chi connectivity index (χ4n) is 10.8. The number of fused-ring (bicyclic) bond motifs is 9. The molecule has 1 aromatic carbocycles. The molecule has 14 heteroatoms. The number of aliphatic hydroxyl groups excluding tert-OH is 3. The van der Waals surface area contributed by atoms with Crippen molar-refractivity contribution in [2.24, 2.45) is 28.0 Å². The van der Waals surface area contributed by atoms with Gasteiger partial charge in [0, 0.05) is 66.3 Å². The maximum atomic E-state index is 12.8. The van der Waals surface area contributed by atoms with E-state index in [9.17, 15) is 25.2 Å². The summed E-state index contributed by atoms with van der Waals surface area (Å²) in [6.07, 6.45) is 10.4. The maximum Gasteiger partial charge on any atom is 0.302 e. The van der Waals surface area contributed by atoms with Gasteiger partial charge in [-0.25, -0.2) is 0 Å². The van der Waals surface area contributed by atoms with Crippen molar-refractivity contribution in [2.45, 2.75) is 170 Å². The topological polar surface area (TPSA) is 191 Å². The fraction of sp³-hybridized carbons (Fsp3) is 0.773. The first-order chi connectivity index (χ1) is 27.9. The summed E-state index contributed by atoms with van der Waals surface area (Å²) in [6, 6.07) is 3.65. The molecule has 2 spiro atoms. The summed E-state index contributed by atoms with van der Waals surface area (Å²) >= 11 is 0. The second kappa shape index (κ2) is 19.1. The number of rotatable bonds is 3. The zero-order valence-corrected chi connectivity index (χ0v) is 36.1. The molecule has 0 aromatic heterocycles. The number of guanidine groups is 1. The van der Waals surface area contributed by atoms with Crippen molar-refractivity contribution in [3.8, 4) is 23.3 Å². The standard InChI is InChI=1S/C44H67N5O7S2/c1-28(51)42-16-10-30-7-6-15-44(40-9-8-35(24-46-40)58-57-27-43(13-4-3-5-14-43)49-41(45)47-26-42)23-34(12-18-48-44)56-39-21-31(32(25-50)20-37(39)54)19-36(30)38(55-29(2)52)22-33(53)11-17-42/h20-21,28,30,33-36,38,40,46,48,50-51,53-54H,3-9,11-15,17-19,22-27H2,1-2H3,(H3,45,47,49)/t28-,30-,33-,34-,35+,36+,38-,40+,42+,44-/m0/s1. The summed E-state index contributed by atoms with van der Waals surface area (Å²) in [5.41, 5.74) is 6.68. The number of aliphatic hydroxyl groups is 3. The van der Waals surface area contributed by atoms with Crippen LogP contribution in [0.3, 0.4) is 0 Å². The number of phenolic OH excluding ortho intramolecular Hbond substituents is 1. The third kappa shape index (κ3) is 10.2. The van der Waals surface area contributed by atoms with Gasteiger partial charge in [0.25, 0.3) is 0 Å². The summed E-state index contributed by atoms with van der Waals surface area (Å²) in [5, 5.41) is 57.4. The quantitative estimate of drug-likeness (QED) is 0.119. The van der Waals surface area contributed by atoms with Crippen molar-refractivity contribution in [2.75, 3.05) is 25.4 Å². The van der Waals surface area contributed by atoms with Gasteiger partial charge in [0.1, 0.15) is 12.2 Å². The van der Waals surface area contributed by atoms with Gasteiger partial charge in [0.15, 0.2) is 17.5 Å². The Morgan fingerprint density at radius 1 is 1.12 bits per heavy atom. The van der Waals surface area contributed by atoms with Crippen molar-refractivity contribution in [3.05, 3.63) is 23.3 Å². The Morgan fingerprint density at radius 2 is 1.95 bits per heavy atom. The third-order valence-corrected chi connectivity index (χ3v) is 17.3. The van der Waals surface area contributed by atoms with Gasteiger partial charge in [-0.05, 0) is 101 Å². The molecular weight excluding hydrogens is 775 g/mol. The van der Waals surface area contributed by atoms with Gasteiger partial charge in [-0.1, -0.05) is 59.1 Å². The van der Waals surface area contributed by atoms with Gasteiger partial charge in [-0.2, -0.15) is 0 Å². The number of carbonyl (C=O) groups is 1. The molecule has 2 aliphatic carbocycles. The van der Waals surface area contributed by atoms with E-state index in [1.165, 1.54) is 13.3 Å². The van der Waals surface area contributed by atoms with Crippen LogP contribution in [-0.4, -0.2) is 105 Å². The first kappa shape index (κ1) is 43.7. The average Bonchev–Trinajstić information content (AvgIpc) is 3.20. The lowest BCUT2D eigenvalue weighted by molar-refractivity contribution is -0.152. The van der Waals surface area contributed by atoms with Crippen LogP contribution in [0, 0.1) is 29.1 Å². The number of nitrogens with two attached hydrogens (primary N) is 1. The van der Waals surface area contributed by atoms with E-state index in [4.69, 9.17) is 20.2 Å². The van der Waals surface area contributed by atoms with Crippen LogP contribution in [0.2, 0.25) is 0 Å². The zero-order chi connectivity index (χ0) is 40.9. The molecule has 0 amide bonds. The van der Waals surface area contributed by atoms with E-state index in [2.05, 4.69) is 27.8 Å². The second-order valence-electron chi connectivity index (χ2n) is 18.3. The van der Waals surface area contributed by atoms with E-state index in [-0.39, 0.29) is 60.4 Å². The number of benzene rings is 1. The molecule has 0 radical (unpaired) electrons. The molecule has 0 unspecified atom stereocenters. The van der Waals surface area contributed by atoms with Crippen LogP contribution in [0.4, 0.5) is 0 Å². The Labute approximate surface area is 352 Å². The first-order valence-corrected chi connectivity index (χ1v) is 24.3. The number of aromatic hydroxyl groups is 1. The molecule has 3 fully saturated rings. The smallest absolute Gasteiger partial charge is 0.302 e. The number of esters is 1. The number of aliphatic imine (C=N–C) groups is 1. The Kier molecular flexibility index (Phi) is 14.4. The molecular formula is C44H67N5O7S2. The SMILES string of the molecule is CC(=O)O[C@H]1C[C@@H](O)CC[C@]2([C@H](C)O)C#C[C@@H]3CCC[C@]4(C[C@H](CCN4)Oc4cc(c(CO)cc4O)C[C@H]31)[C@H]1CC[C@H](CN1)SSCC1(CCCCC1)NC(N)=NC2. The van der Waals surface area contributed by atoms with E-state index in [1.54, 1.807) is 13.0 Å². The minimum Gasteiger partial charge on any atom is -0.504 e. The van der Waals surface area contributed by atoms with Crippen molar-refractivity contribution in [1.29, 1.82) is 0 Å². The number of ether oxygens (including phenoxy) is 2. The molecule has 5 aliphatic heterocycles. The lowest BCUT2D eigenvalue weighted by Gasteiger charge is -2.49. The number of piperidine rings is 2. The highest BCUT2D eigenvalue weighted by molar-refractivity contribution is 8.77. The molecule has 7 aliphatic rings. The van der Waals surface area contributed by atoms with E-state index in [1.807, 2.05) is 27.7 Å². The third-order valence-electron chi connectivity index (χ3n) is 14.2. The lowest BCUT2D eigenvalue weighted by Crippen LogP contribution is -2.66. The molecule has 2 saturated heterocycles. The minimum absolute atomic E-state index is 0.0161. The zero-order valence-electron chi connectivity index (χ0n) is 34.5. The first-order valence-electron chi connectivity index (χ1n) is 21.9. The van der Waals surface area contributed by atoms with Gasteiger partial charge in [-0.15, -0.1) is 0 Å². The number of hydrogen-bond acceptors (Lipinski definition) is 14. The minimum atomic E-state index is -0.989. The van der Waals surface area contributed by atoms with Crippen LogP contribution in [0.1, 0.15) is 121 Å². The fourth-order valence-corrected chi connectivity index (χ4v) is 14.0. The average molecular weight is 842 g/mol. The highest BCUT2D eigenvalue weighted by Gasteiger charge is 2.46. The molecule has 1 aromatic rings. The van der Waals surface area contributed by atoms with Crippen LogP contribution < -0.4 is 26.4 Å². The molecule has 1 saturated carbocycles. The summed E-state index contributed by atoms with van der Waals surface area (Å²) < 4.78 is 12.9. The van der Waals surface area contributed by atoms with Gasteiger partial charge in [0.2, 0.25) is 0 Å². The summed E-state index contributed by atoms with van der Waals surface area (Å²) in [6.45, 7) is 4.73. The van der Waals surface area contributed by atoms with Crippen LogP contribution in [0.15, 0.2) is 17.1 Å². The van der Waals surface area contributed by atoms with E-state index in [0.717, 1.165) is 88.6 Å². The van der Waals surface area contributed by atoms with Gasteiger partial charge < -0.3 is 51.6 Å². The predicted octanol–water partition coefficient (Wildman–Crippen LogP) is 4.68. The van der Waals surface area contributed by atoms with E-state index in [0.29, 0.717) is 48.2 Å². The Bertz CT molecular complexity index is 1670. The summed E-state index contributed by atoms with van der Waals surface area (Å²) in [4.78, 5) is 17.7. The van der Waals surface area contributed by atoms with Crippen molar-refractivity contribution < 1.29 is 34.7 Å². The maximum absolute atomic E-state index is 12.8. The largest absolute Gasteiger partial charge is 0.504 e. The molecule has 12 nitrogen and oxygen atoms in total. The van der Waals surface area contributed by atoms with Crippen LogP contribution in [0.5, 0.6) is 11.5 Å². The van der Waals surface area contributed by atoms with Crippen molar-refractivity contribution in [3.63, 3.8) is 0 Å². The Balaban J connectivity index is 1.37. The molecule has 8 bridgehead atoms. The highest BCUT2D eigenvalue weighted by Crippen LogP contribution is 2.44. The molecule has 5 heterocycles. The van der Waals surface area contributed by atoms with Crippen molar-refractivity contribution in [1.82, 2.24) is 16.0 Å². The predicted molar refractivity (Wildman–Crippen MR) is 231 cm³/mol. The number of nitrogens with zero attached hydrogens (tertiary/aromatic N) is 1. The number of carbonyl (C=O) groups excluding carboxylic acids is 1. The summed E-state index contributed by atoms with van der Waals surface area (Å²) in [7, 11) is 3.93. The molecule has 9 N–H and O–H groups in total. The normalized spacial score (nSPS) is 36.4. The van der Waals surface area contributed by atoms with Crippen molar-refractivity contribution >= 4 is 33.5 Å². The number of nitrogens with one attached hydrogen (secondary N) is 3. The number of phenols is 1. The van der Waals surface area contributed by atoms with E-state index < -0.39 is 29.7 Å². The molecule has 8 rings (SSSR count). The second-order valence-corrected chi connectivity index (χ2v) is 21.0. The van der Waals surface area contributed by atoms with Crippen LogP contribution >= 0.6 is 21.6 Å². The lowest BCUT2D eigenvalue weighted by atomic mass is 9.71. The molecule has 10 atom stereocenters. The van der Waals surface area contributed by atoms with Gasteiger partial charge in [-0.3, -0.25) is 9.79 Å². The Hall–Kier alpha value is -2.38. The van der Waals surface area contributed by atoms with Crippen LogP contribution in [-0.2, 0) is 22.6 Å². The summed E-state index contributed by atoms with van der Waals surface area (Å²) in [5.74, 6) is 7.79. The highest BCUT2D eigenvalue weighted by atomic mass is 33.1. The number of hydrogen-bond donors (Lipinski definition) is 8. The van der Waals surface area contributed by atoms with Gasteiger partial charge >= 0.3 is 5.97 Å². The Morgan fingerprint density at radius 3 is 2.69 bits per heavy atom. The molecule has 322 valence electrons. The van der Waals surface area contributed by atoms with E-state index >= 15 is 0 Å².